The lowest BCUT2D eigenvalue weighted by Gasteiger charge is -2.21. The molecule has 2 aromatic carbocycles. The van der Waals surface area contributed by atoms with Crippen LogP contribution in [0.15, 0.2) is 65.6 Å². The van der Waals surface area contributed by atoms with Gasteiger partial charge in [0.25, 0.3) is 0 Å². The quantitative estimate of drug-likeness (QED) is 0.587. The van der Waals surface area contributed by atoms with Gasteiger partial charge in [-0.15, -0.1) is 13.2 Å². The third kappa shape index (κ3) is 4.45. The van der Waals surface area contributed by atoms with Gasteiger partial charge >= 0.3 is 6.36 Å². The Morgan fingerprint density at radius 2 is 1.38 bits per heavy atom. The molecule has 1 aliphatic rings. The van der Waals surface area contributed by atoms with Gasteiger partial charge in [-0.2, -0.15) is 0 Å². The van der Waals surface area contributed by atoms with Gasteiger partial charge in [0, 0.05) is 29.2 Å². The molecule has 0 saturated carbocycles. The van der Waals surface area contributed by atoms with E-state index in [0.29, 0.717) is 11.5 Å². The van der Waals surface area contributed by atoms with E-state index >= 15 is 0 Å². The van der Waals surface area contributed by atoms with E-state index in [1.807, 2.05) is 16.7 Å². The summed E-state index contributed by atoms with van der Waals surface area (Å²) < 4.78 is 48.2. The lowest BCUT2D eigenvalue weighted by atomic mass is 9.95. The second-order valence-corrected chi connectivity index (χ2v) is 6.80. The number of hydrogen-bond acceptors (Lipinski definition) is 3. The topological polar surface area (TPSA) is 40.5 Å². The highest BCUT2D eigenvalue weighted by Gasteiger charge is 2.31. The van der Waals surface area contributed by atoms with E-state index in [1.54, 1.807) is 24.4 Å². The van der Waals surface area contributed by atoms with Crippen LogP contribution in [0.25, 0.3) is 5.69 Å². The van der Waals surface area contributed by atoms with Gasteiger partial charge in [-0.05, 0) is 74.2 Å². The van der Waals surface area contributed by atoms with Crippen LogP contribution in [0.3, 0.4) is 0 Å². The predicted octanol–water partition coefficient (Wildman–Crippen LogP) is 5.41. The van der Waals surface area contributed by atoms with Crippen molar-refractivity contribution in [3.63, 3.8) is 0 Å². The molecule has 0 amide bonds. The standard InChI is InChI=1S/C22H18F3NO3/c23-22(24,25)29-18-11-9-17(10-12-18)28-16-7-5-15(6-8-16)26-14-13-21(27)19-3-1-2-4-20(19)26/h5-14H,1-4H2. The normalized spacial score (nSPS) is 13.6. The number of aromatic nitrogens is 1. The van der Waals surface area contributed by atoms with Crippen molar-refractivity contribution in [2.24, 2.45) is 0 Å². The molecule has 0 saturated heterocycles. The van der Waals surface area contributed by atoms with Gasteiger partial charge in [0.1, 0.15) is 17.2 Å². The minimum absolute atomic E-state index is 0.0915. The second-order valence-electron chi connectivity index (χ2n) is 6.80. The van der Waals surface area contributed by atoms with Crippen LogP contribution in [0.1, 0.15) is 24.1 Å². The SMILES string of the molecule is O=c1ccn(-c2ccc(Oc3ccc(OC(F)(F)F)cc3)cc2)c2c1CCCC2. The molecule has 1 heterocycles. The summed E-state index contributed by atoms with van der Waals surface area (Å²) in [7, 11) is 0. The summed E-state index contributed by atoms with van der Waals surface area (Å²) in [5.41, 5.74) is 2.95. The highest BCUT2D eigenvalue weighted by molar-refractivity contribution is 5.43. The van der Waals surface area contributed by atoms with Crippen LogP contribution in [-0.2, 0) is 12.8 Å². The summed E-state index contributed by atoms with van der Waals surface area (Å²) in [5, 5.41) is 0. The average molecular weight is 401 g/mol. The summed E-state index contributed by atoms with van der Waals surface area (Å²) in [6.45, 7) is 0. The first-order valence-corrected chi connectivity index (χ1v) is 9.26. The average Bonchev–Trinajstić information content (AvgIpc) is 2.70. The number of fused-ring (bicyclic) bond motifs is 1. The van der Waals surface area contributed by atoms with Gasteiger partial charge in [-0.3, -0.25) is 4.79 Å². The number of alkyl halides is 3. The highest BCUT2D eigenvalue weighted by Crippen LogP contribution is 2.28. The first-order chi connectivity index (χ1) is 13.9. The summed E-state index contributed by atoms with van der Waals surface area (Å²) in [6.07, 6.45) is 0.846. The maximum absolute atomic E-state index is 12.2. The summed E-state index contributed by atoms with van der Waals surface area (Å²) in [5.74, 6) is 0.643. The maximum atomic E-state index is 12.2. The first kappa shape index (κ1) is 19.1. The molecule has 29 heavy (non-hydrogen) atoms. The van der Waals surface area contributed by atoms with Crippen molar-refractivity contribution in [3.8, 4) is 22.9 Å². The number of ether oxygens (including phenoxy) is 2. The molecule has 1 aliphatic carbocycles. The predicted molar refractivity (Wildman–Crippen MR) is 102 cm³/mol. The minimum atomic E-state index is -4.72. The molecule has 0 fully saturated rings. The zero-order chi connectivity index (χ0) is 20.4. The van der Waals surface area contributed by atoms with E-state index in [2.05, 4.69) is 4.74 Å². The zero-order valence-corrected chi connectivity index (χ0v) is 15.4. The van der Waals surface area contributed by atoms with E-state index in [1.165, 1.54) is 24.3 Å². The monoisotopic (exact) mass is 401 g/mol. The van der Waals surface area contributed by atoms with Gasteiger partial charge in [-0.1, -0.05) is 0 Å². The van der Waals surface area contributed by atoms with Crippen LogP contribution in [0, 0.1) is 0 Å². The van der Waals surface area contributed by atoms with E-state index in [-0.39, 0.29) is 11.2 Å². The summed E-state index contributed by atoms with van der Waals surface area (Å²) >= 11 is 0. The molecular formula is C22H18F3NO3. The van der Waals surface area contributed by atoms with Gasteiger partial charge < -0.3 is 14.0 Å². The van der Waals surface area contributed by atoms with E-state index in [4.69, 9.17) is 4.74 Å². The molecule has 0 spiro atoms. The molecule has 4 rings (SSSR count). The summed E-state index contributed by atoms with van der Waals surface area (Å²) in [6, 6.07) is 14.1. The van der Waals surface area contributed by atoms with Crippen molar-refractivity contribution in [3.05, 3.63) is 82.3 Å². The molecule has 7 heteroatoms. The van der Waals surface area contributed by atoms with Crippen LogP contribution < -0.4 is 14.9 Å². The fourth-order valence-corrected chi connectivity index (χ4v) is 3.52. The Hall–Kier alpha value is -3.22. The van der Waals surface area contributed by atoms with Gasteiger partial charge in [0.05, 0.1) is 0 Å². The van der Waals surface area contributed by atoms with Crippen molar-refractivity contribution in [2.45, 2.75) is 32.0 Å². The molecule has 0 radical (unpaired) electrons. The molecular weight excluding hydrogens is 383 g/mol. The highest BCUT2D eigenvalue weighted by atomic mass is 19.4. The number of nitrogens with zero attached hydrogens (tertiary/aromatic N) is 1. The van der Waals surface area contributed by atoms with E-state index < -0.39 is 6.36 Å². The van der Waals surface area contributed by atoms with Crippen molar-refractivity contribution in [1.82, 2.24) is 4.57 Å². The molecule has 0 N–H and O–H groups in total. The Morgan fingerprint density at radius 3 is 2.03 bits per heavy atom. The Balaban J connectivity index is 1.51. The van der Waals surface area contributed by atoms with Crippen molar-refractivity contribution < 1.29 is 22.6 Å². The van der Waals surface area contributed by atoms with Crippen LogP contribution in [0.2, 0.25) is 0 Å². The van der Waals surface area contributed by atoms with Crippen LogP contribution in [0.4, 0.5) is 13.2 Å². The van der Waals surface area contributed by atoms with Crippen molar-refractivity contribution in [2.75, 3.05) is 0 Å². The molecule has 150 valence electrons. The lowest BCUT2D eigenvalue weighted by Crippen LogP contribution is -2.20. The molecule has 0 atom stereocenters. The molecule has 0 unspecified atom stereocenters. The smallest absolute Gasteiger partial charge is 0.457 e. The number of pyridine rings is 1. The van der Waals surface area contributed by atoms with Gasteiger partial charge in [0.15, 0.2) is 5.43 Å². The van der Waals surface area contributed by atoms with Crippen LogP contribution in [-0.4, -0.2) is 10.9 Å². The van der Waals surface area contributed by atoms with Crippen LogP contribution >= 0.6 is 0 Å². The third-order valence-electron chi connectivity index (χ3n) is 4.81. The molecule has 3 aromatic rings. The third-order valence-corrected chi connectivity index (χ3v) is 4.81. The summed E-state index contributed by atoms with van der Waals surface area (Å²) in [4.78, 5) is 12.1. The molecule has 0 bridgehead atoms. The van der Waals surface area contributed by atoms with E-state index in [9.17, 15) is 18.0 Å². The van der Waals surface area contributed by atoms with Crippen molar-refractivity contribution >= 4 is 0 Å². The van der Waals surface area contributed by atoms with Gasteiger partial charge in [0.2, 0.25) is 0 Å². The largest absolute Gasteiger partial charge is 0.573 e. The Bertz CT molecular complexity index is 1050. The Morgan fingerprint density at radius 1 is 0.793 bits per heavy atom. The maximum Gasteiger partial charge on any atom is 0.573 e. The van der Waals surface area contributed by atoms with Crippen molar-refractivity contribution in [1.29, 1.82) is 0 Å². The Labute approximate surface area is 165 Å². The molecule has 0 aliphatic heterocycles. The molecule has 1 aromatic heterocycles. The fourth-order valence-electron chi connectivity index (χ4n) is 3.52. The van der Waals surface area contributed by atoms with Gasteiger partial charge in [-0.25, -0.2) is 0 Å². The van der Waals surface area contributed by atoms with E-state index in [0.717, 1.165) is 42.6 Å². The number of benzene rings is 2. The second kappa shape index (κ2) is 7.66. The fraction of sp³-hybridized carbons (Fsp3) is 0.227. The minimum Gasteiger partial charge on any atom is -0.457 e. The number of rotatable bonds is 4. The lowest BCUT2D eigenvalue weighted by molar-refractivity contribution is -0.274. The number of halogens is 3. The number of hydrogen-bond donors (Lipinski definition) is 0. The zero-order valence-electron chi connectivity index (χ0n) is 15.4. The Kier molecular flexibility index (Phi) is 5.05. The first-order valence-electron chi connectivity index (χ1n) is 9.26. The molecule has 4 nitrogen and oxygen atoms in total. The van der Waals surface area contributed by atoms with Crippen LogP contribution in [0.5, 0.6) is 17.2 Å².